The second-order valence-electron chi connectivity index (χ2n) is 31.7. The highest BCUT2D eigenvalue weighted by molar-refractivity contribution is 5.94. The lowest BCUT2D eigenvalue weighted by Crippen LogP contribution is -2.54. The van der Waals surface area contributed by atoms with Crippen molar-refractivity contribution < 1.29 is 121 Å². The fourth-order valence-corrected chi connectivity index (χ4v) is 21.2. The zero-order valence-corrected chi connectivity index (χ0v) is 57.7. The summed E-state index contributed by atoms with van der Waals surface area (Å²) in [5.41, 5.74) is -5.38. The number of carboxylic acids is 7. The number of alkyl halides is 3. The lowest BCUT2D eigenvalue weighted by atomic mass is 9.49. The highest BCUT2D eigenvalue weighted by Crippen LogP contribution is 2.68. The SMILES string of the molecule is C1CC2CC1C1C3CCC(C3)C21.C1CC2CCC1C2.CC(=O)[O-].CC(=O)[O-].CC12CCC(C(=O)OCC(=O)[O-])(OC1=O)C2(C)C.O=C(O)c1ccc(C(F)(F)F)cc1[O-].O=C([O-])C12CC3CC(CC(C3)C1)C2.O=C([O-])COC(=O)C12CC3CC(CC(C3)C1)C2.O=C([O-])COc1ccccc1. The van der Waals surface area contributed by atoms with Crippen molar-refractivity contribution >= 4 is 59.7 Å². The molecular formula is C75H94F3O22-7. The molecule has 6 atom stereocenters. The molecule has 0 spiro atoms. The standard InChI is InChI=1S/C13H18O4.C12H16O6.C12H18.C11H16O2.C8H5F3O3.C8H8O3.C7H12.2C2H4O2/c14-11(15)7-17-12(16)13-4-8-1-9(5-13)3-10(2-8)6-13;1-10(2)11(3)4-5-12(10,18-8(11)15)9(16)17-6-7(13)14;1-2-8-5-7(1)11-9-3-4-10(6-9)12(8)11;12-10(13)11-4-7-1-8(5-11)3-9(2-7)6-11;9-8(10,11)4-1-2-5(7(13)14)6(12)3-4;9-8(10)6-11-7-4-2-1-3-5-7;1-2-7-4-3-6(1)5-7;2*1-2(3)4/h8-10H,1-7H2,(H,14,15);4-6H2,1-3H3,(H,13,14);7-12H,1-6H2;7-9H,1-6H2,(H,12,13);1-3,12H,(H,13,14);1-5H,6H2,(H,9,10);6-7H,1-5H2;2*1H3,(H,3,4)/p-7. The summed E-state index contributed by atoms with van der Waals surface area (Å²) in [5, 5.41) is 78.7. The van der Waals surface area contributed by atoms with Crippen LogP contribution in [-0.2, 0) is 63.5 Å². The molecule has 16 aliphatic rings. The molecule has 1 N–H and O–H groups in total. The predicted molar refractivity (Wildman–Crippen MR) is 333 cm³/mol. The van der Waals surface area contributed by atoms with E-state index in [1.54, 1.807) is 116 Å². The van der Waals surface area contributed by atoms with Crippen molar-refractivity contribution in [3.05, 3.63) is 59.7 Å². The number of rotatable bonds is 11. The van der Waals surface area contributed by atoms with Crippen molar-refractivity contribution in [2.45, 2.75) is 207 Å². The maximum atomic E-state index is 12.1. The van der Waals surface area contributed by atoms with E-state index in [0.717, 1.165) is 52.4 Å². The van der Waals surface area contributed by atoms with Crippen LogP contribution in [0.4, 0.5) is 13.2 Å². The van der Waals surface area contributed by atoms with Crippen molar-refractivity contribution in [1.29, 1.82) is 0 Å². The fourth-order valence-electron chi connectivity index (χ4n) is 21.2. The second-order valence-corrected chi connectivity index (χ2v) is 31.7. The Morgan fingerprint density at radius 3 is 1.21 bits per heavy atom. The Kier molecular flexibility index (Phi) is 25.2. The van der Waals surface area contributed by atoms with Gasteiger partial charge in [0.15, 0.2) is 0 Å². The van der Waals surface area contributed by atoms with Crippen LogP contribution in [0.3, 0.4) is 0 Å². The maximum Gasteiger partial charge on any atom is 0.416 e. The first-order valence-corrected chi connectivity index (χ1v) is 35.4. The Hall–Kier alpha value is -7.47. The van der Waals surface area contributed by atoms with Crippen molar-refractivity contribution in [1.82, 2.24) is 0 Å². The van der Waals surface area contributed by atoms with Crippen molar-refractivity contribution in [3.8, 4) is 11.5 Å². The molecule has 2 aromatic rings. The zero-order valence-electron chi connectivity index (χ0n) is 57.7. The number of carbonyl (C=O) groups is 10. The van der Waals surface area contributed by atoms with Gasteiger partial charge in [0.05, 0.1) is 39.9 Å². The number of aliphatic carboxylic acids is 6. The third-order valence-electron chi connectivity index (χ3n) is 24.9. The summed E-state index contributed by atoms with van der Waals surface area (Å²) in [6.07, 6.45) is 26.9. The Morgan fingerprint density at radius 1 is 0.520 bits per heavy atom. The van der Waals surface area contributed by atoms with Gasteiger partial charge >= 0.3 is 30.1 Å². The maximum absolute atomic E-state index is 12.1. The summed E-state index contributed by atoms with van der Waals surface area (Å²) in [7, 11) is 0. The molecule has 100 heavy (non-hydrogen) atoms. The van der Waals surface area contributed by atoms with Crippen molar-refractivity contribution in [2.24, 2.45) is 105 Å². The van der Waals surface area contributed by atoms with Gasteiger partial charge in [-0.25, -0.2) is 9.59 Å². The van der Waals surface area contributed by atoms with Crippen LogP contribution in [0, 0.1) is 105 Å². The molecule has 554 valence electrons. The first-order valence-electron chi connectivity index (χ1n) is 35.4. The number of para-hydroxylation sites is 1. The monoisotopic (exact) mass is 1400 g/mol. The van der Waals surface area contributed by atoms with Crippen molar-refractivity contribution in [2.75, 3.05) is 19.8 Å². The van der Waals surface area contributed by atoms with E-state index in [-0.39, 0.29) is 17.5 Å². The van der Waals surface area contributed by atoms with Crippen LogP contribution in [0.2, 0.25) is 0 Å². The molecule has 1 saturated heterocycles. The summed E-state index contributed by atoms with van der Waals surface area (Å²) in [6, 6.07) is 10.2. The number of ether oxygens (including phenoxy) is 4. The van der Waals surface area contributed by atoms with Crippen LogP contribution in [0.5, 0.6) is 11.5 Å². The summed E-state index contributed by atoms with van der Waals surface area (Å²) >= 11 is 0. The van der Waals surface area contributed by atoms with Gasteiger partial charge in [-0.15, -0.1) is 0 Å². The number of carbonyl (C=O) groups excluding carboxylic acids is 9. The molecule has 18 rings (SSSR count). The average Bonchev–Trinajstić information content (AvgIpc) is 1.54. The minimum Gasteiger partial charge on any atom is -0.872 e. The van der Waals surface area contributed by atoms with E-state index in [0.29, 0.717) is 66.2 Å². The van der Waals surface area contributed by atoms with E-state index in [1.807, 2.05) is 6.07 Å². The highest BCUT2D eigenvalue weighted by atomic mass is 19.4. The molecule has 16 bridgehead atoms. The third-order valence-corrected chi connectivity index (χ3v) is 24.9. The first-order chi connectivity index (χ1) is 46.9. The Bertz CT molecular complexity index is 3140. The molecular weight excluding hydrogens is 1310 g/mol. The molecule has 0 aromatic heterocycles. The fraction of sp³-hybridized carbons (Fsp3) is 0.707. The summed E-state index contributed by atoms with van der Waals surface area (Å²) in [6.45, 7) is 5.42. The van der Waals surface area contributed by atoms with Gasteiger partial charge in [-0.2, -0.15) is 13.2 Å². The number of esters is 3. The number of fused-ring (bicyclic) bond motifs is 13. The van der Waals surface area contributed by atoms with E-state index in [1.165, 1.54) is 85.9 Å². The number of carboxylic acid groups (broad SMARTS) is 7. The zero-order chi connectivity index (χ0) is 73.5. The number of benzene rings is 2. The van der Waals surface area contributed by atoms with Gasteiger partial charge in [-0.05, 0) is 263 Å². The molecule has 2 aromatic carbocycles. The van der Waals surface area contributed by atoms with Gasteiger partial charge in [0.2, 0.25) is 5.60 Å². The molecule has 0 radical (unpaired) electrons. The predicted octanol–water partition coefficient (Wildman–Crippen LogP) is 4.93. The molecule has 15 saturated carbocycles. The van der Waals surface area contributed by atoms with Crippen LogP contribution in [0.1, 0.15) is 211 Å². The van der Waals surface area contributed by atoms with E-state index in [9.17, 15) is 77.1 Å². The Morgan fingerprint density at radius 2 is 0.900 bits per heavy atom. The van der Waals surface area contributed by atoms with Gasteiger partial charge in [0.1, 0.15) is 25.6 Å². The molecule has 1 aliphatic heterocycles. The Balaban J connectivity index is 0.000000147. The molecule has 1 heterocycles. The molecule has 16 fully saturated rings. The highest BCUT2D eigenvalue weighted by Gasteiger charge is 2.76. The molecule has 25 heteroatoms. The largest absolute Gasteiger partial charge is 0.872 e. The van der Waals surface area contributed by atoms with E-state index >= 15 is 0 Å². The second kappa shape index (κ2) is 32.2. The van der Waals surface area contributed by atoms with Gasteiger partial charge in [-0.1, -0.05) is 69.5 Å². The molecule has 6 unspecified atom stereocenters. The smallest absolute Gasteiger partial charge is 0.416 e. The van der Waals surface area contributed by atoms with E-state index < -0.39 is 118 Å². The quantitative estimate of drug-likeness (QED) is 0.177. The summed E-state index contributed by atoms with van der Waals surface area (Å²) < 4.78 is 55.6. The Labute approximate surface area is 580 Å². The third kappa shape index (κ3) is 18.4. The minimum atomic E-state index is -4.63. The van der Waals surface area contributed by atoms with Crippen LogP contribution in [0.25, 0.3) is 0 Å². The number of aromatic carboxylic acids is 1. The van der Waals surface area contributed by atoms with Gasteiger partial charge in [0, 0.05) is 28.7 Å². The molecule has 15 aliphatic carbocycles. The average molecular weight is 1400 g/mol. The molecule has 22 nitrogen and oxygen atoms in total. The van der Waals surface area contributed by atoms with Gasteiger partial charge < -0.3 is 88.6 Å². The lowest BCUT2D eigenvalue weighted by Gasteiger charge is -2.57. The van der Waals surface area contributed by atoms with Crippen LogP contribution in [0.15, 0.2) is 48.5 Å². The van der Waals surface area contributed by atoms with Gasteiger partial charge in [0.25, 0.3) is 0 Å². The summed E-state index contributed by atoms with van der Waals surface area (Å²) in [5.74, 6) is 3.16. The number of halogens is 3. The summed E-state index contributed by atoms with van der Waals surface area (Å²) in [4.78, 5) is 106. The lowest BCUT2D eigenvalue weighted by molar-refractivity contribution is -0.327. The number of hydrogen-bond acceptors (Lipinski definition) is 21. The van der Waals surface area contributed by atoms with Crippen LogP contribution >= 0.6 is 0 Å². The normalized spacial score (nSPS) is 34.9. The molecule has 0 amide bonds. The van der Waals surface area contributed by atoms with Crippen molar-refractivity contribution in [3.63, 3.8) is 0 Å². The minimum absolute atomic E-state index is 0.267. The topological polar surface area (TPSA) is 389 Å². The van der Waals surface area contributed by atoms with Gasteiger partial charge in [-0.3, -0.25) is 9.59 Å². The number of hydrogen-bond donors (Lipinski definition) is 1. The van der Waals surface area contributed by atoms with E-state index in [2.05, 4.69) is 4.74 Å². The van der Waals surface area contributed by atoms with Crippen LogP contribution < -0.4 is 40.5 Å². The van der Waals surface area contributed by atoms with Crippen LogP contribution in [-0.4, -0.2) is 90.2 Å². The van der Waals surface area contributed by atoms with E-state index in [4.69, 9.17) is 39.1 Å². The first kappa shape index (κ1) is 78.3.